The Labute approximate surface area is 124 Å². The van der Waals surface area contributed by atoms with E-state index in [1.54, 1.807) is 12.1 Å². The van der Waals surface area contributed by atoms with E-state index in [0.29, 0.717) is 11.3 Å². The molecule has 21 heavy (non-hydrogen) atoms. The van der Waals surface area contributed by atoms with Crippen molar-refractivity contribution in [2.24, 2.45) is 0 Å². The van der Waals surface area contributed by atoms with Gasteiger partial charge in [-0.2, -0.15) is 13.2 Å². The maximum atomic E-state index is 12.5. The van der Waals surface area contributed by atoms with Crippen LogP contribution in [0.1, 0.15) is 15.9 Å². The molecule has 0 aliphatic heterocycles. The molecule has 110 valence electrons. The third kappa shape index (κ3) is 3.78. The SMILES string of the molecule is CSc1ccccc1C(=O)Nc1ccc(C(F)(F)F)cc1. The first kappa shape index (κ1) is 15.4. The second-order valence-corrected chi connectivity index (χ2v) is 5.08. The van der Waals surface area contributed by atoms with Crippen molar-refractivity contribution in [3.63, 3.8) is 0 Å². The van der Waals surface area contributed by atoms with Crippen LogP contribution in [0.5, 0.6) is 0 Å². The fraction of sp³-hybridized carbons (Fsp3) is 0.133. The largest absolute Gasteiger partial charge is 0.416 e. The van der Waals surface area contributed by atoms with E-state index < -0.39 is 11.7 Å². The summed E-state index contributed by atoms with van der Waals surface area (Å²) in [5.41, 5.74) is 0.0683. The van der Waals surface area contributed by atoms with Crippen LogP contribution in [-0.4, -0.2) is 12.2 Å². The van der Waals surface area contributed by atoms with Crippen LogP contribution in [0.4, 0.5) is 18.9 Å². The van der Waals surface area contributed by atoms with Crippen LogP contribution in [0.3, 0.4) is 0 Å². The van der Waals surface area contributed by atoms with E-state index in [2.05, 4.69) is 5.32 Å². The molecule has 6 heteroatoms. The molecular weight excluding hydrogens is 299 g/mol. The Balaban J connectivity index is 2.16. The minimum atomic E-state index is -4.38. The van der Waals surface area contributed by atoms with Gasteiger partial charge in [0, 0.05) is 10.6 Å². The van der Waals surface area contributed by atoms with Crippen LogP contribution in [0, 0.1) is 0 Å². The third-order valence-electron chi connectivity index (χ3n) is 2.82. The highest BCUT2D eigenvalue weighted by molar-refractivity contribution is 7.98. The standard InChI is InChI=1S/C15H12F3NOS/c1-21-13-5-3-2-4-12(13)14(20)19-11-8-6-10(7-9-11)15(16,17)18/h2-9H,1H3,(H,19,20). The molecule has 0 aliphatic carbocycles. The van der Waals surface area contributed by atoms with Crippen LogP contribution >= 0.6 is 11.8 Å². The van der Waals surface area contributed by atoms with Crippen molar-refractivity contribution < 1.29 is 18.0 Å². The third-order valence-corrected chi connectivity index (χ3v) is 3.62. The van der Waals surface area contributed by atoms with Gasteiger partial charge in [0.15, 0.2) is 0 Å². The fourth-order valence-electron chi connectivity index (χ4n) is 1.77. The van der Waals surface area contributed by atoms with Crippen molar-refractivity contribution in [2.75, 3.05) is 11.6 Å². The van der Waals surface area contributed by atoms with Crippen molar-refractivity contribution in [3.05, 3.63) is 59.7 Å². The summed E-state index contributed by atoms with van der Waals surface area (Å²) >= 11 is 1.43. The molecule has 0 radical (unpaired) electrons. The Hall–Kier alpha value is -1.95. The Morgan fingerprint density at radius 1 is 1.05 bits per heavy atom. The van der Waals surface area contributed by atoms with E-state index in [1.165, 1.54) is 23.9 Å². The van der Waals surface area contributed by atoms with E-state index in [0.717, 1.165) is 17.0 Å². The zero-order valence-electron chi connectivity index (χ0n) is 11.1. The first-order chi connectivity index (χ1) is 9.91. The zero-order chi connectivity index (χ0) is 15.5. The summed E-state index contributed by atoms with van der Waals surface area (Å²) in [5.74, 6) is -0.347. The highest BCUT2D eigenvalue weighted by atomic mass is 32.2. The topological polar surface area (TPSA) is 29.1 Å². The predicted molar refractivity (Wildman–Crippen MR) is 77.6 cm³/mol. The molecule has 0 aromatic heterocycles. The van der Waals surface area contributed by atoms with E-state index in [9.17, 15) is 18.0 Å². The van der Waals surface area contributed by atoms with Crippen LogP contribution < -0.4 is 5.32 Å². The van der Waals surface area contributed by atoms with Gasteiger partial charge in [-0.15, -0.1) is 11.8 Å². The summed E-state index contributed by atoms with van der Waals surface area (Å²) in [6.07, 6.45) is -2.53. The monoisotopic (exact) mass is 311 g/mol. The highest BCUT2D eigenvalue weighted by Crippen LogP contribution is 2.30. The molecule has 0 heterocycles. The molecule has 2 aromatic carbocycles. The molecule has 1 N–H and O–H groups in total. The van der Waals surface area contributed by atoms with Gasteiger partial charge in [0.1, 0.15) is 0 Å². The van der Waals surface area contributed by atoms with E-state index in [1.807, 2.05) is 18.4 Å². The second kappa shape index (κ2) is 6.22. The molecule has 2 nitrogen and oxygen atoms in total. The van der Waals surface area contributed by atoms with Gasteiger partial charge < -0.3 is 5.32 Å². The molecule has 0 saturated heterocycles. The zero-order valence-corrected chi connectivity index (χ0v) is 11.9. The molecule has 0 saturated carbocycles. The lowest BCUT2D eigenvalue weighted by molar-refractivity contribution is -0.137. The molecule has 1 amide bonds. The number of carbonyl (C=O) groups excluding carboxylic acids is 1. The number of carbonyl (C=O) groups is 1. The number of hydrogen-bond acceptors (Lipinski definition) is 2. The number of amides is 1. The molecule has 2 aromatic rings. The van der Waals surface area contributed by atoms with Crippen molar-refractivity contribution >= 4 is 23.4 Å². The van der Waals surface area contributed by atoms with Crippen LogP contribution in [0.2, 0.25) is 0 Å². The number of thioether (sulfide) groups is 1. The first-order valence-electron chi connectivity index (χ1n) is 6.03. The van der Waals surface area contributed by atoms with Gasteiger partial charge in [-0.1, -0.05) is 12.1 Å². The predicted octanol–water partition coefficient (Wildman–Crippen LogP) is 4.68. The Kier molecular flexibility index (Phi) is 4.57. The Bertz CT molecular complexity index is 638. The van der Waals surface area contributed by atoms with Gasteiger partial charge in [-0.25, -0.2) is 0 Å². The molecular formula is C15H12F3NOS. The van der Waals surface area contributed by atoms with Crippen LogP contribution in [0.15, 0.2) is 53.4 Å². The number of anilines is 1. The van der Waals surface area contributed by atoms with Gasteiger partial charge in [0.25, 0.3) is 5.91 Å². The van der Waals surface area contributed by atoms with Gasteiger partial charge in [0.05, 0.1) is 11.1 Å². The van der Waals surface area contributed by atoms with Gasteiger partial charge in [0.2, 0.25) is 0 Å². The van der Waals surface area contributed by atoms with Gasteiger partial charge in [-0.3, -0.25) is 4.79 Å². The number of halogens is 3. The molecule has 0 unspecified atom stereocenters. The lowest BCUT2D eigenvalue weighted by atomic mass is 10.1. The molecule has 0 atom stereocenters. The van der Waals surface area contributed by atoms with Crippen molar-refractivity contribution in [3.8, 4) is 0 Å². The van der Waals surface area contributed by atoms with Crippen LogP contribution in [-0.2, 0) is 6.18 Å². The fourth-order valence-corrected chi connectivity index (χ4v) is 2.37. The average Bonchev–Trinajstić information content (AvgIpc) is 2.46. The summed E-state index contributed by atoms with van der Waals surface area (Å²) in [6, 6.07) is 11.4. The number of nitrogens with one attached hydrogen (secondary N) is 1. The summed E-state index contributed by atoms with van der Waals surface area (Å²) in [6.45, 7) is 0. The summed E-state index contributed by atoms with van der Waals surface area (Å²) in [5, 5.41) is 2.59. The number of rotatable bonds is 3. The van der Waals surface area contributed by atoms with Gasteiger partial charge in [-0.05, 0) is 42.7 Å². The summed E-state index contributed by atoms with van der Waals surface area (Å²) in [7, 11) is 0. The Morgan fingerprint density at radius 2 is 1.67 bits per heavy atom. The van der Waals surface area contributed by atoms with E-state index in [-0.39, 0.29) is 5.91 Å². The molecule has 0 aliphatic rings. The average molecular weight is 311 g/mol. The number of alkyl halides is 3. The highest BCUT2D eigenvalue weighted by Gasteiger charge is 2.30. The van der Waals surface area contributed by atoms with E-state index >= 15 is 0 Å². The number of benzene rings is 2. The van der Waals surface area contributed by atoms with Gasteiger partial charge >= 0.3 is 6.18 Å². The molecule has 0 spiro atoms. The van der Waals surface area contributed by atoms with Crippen LogP contribution in [0.25, 0.3) is 0 Å². The number of hydrogen-bond donors (Lipinski definition) is 1. The summed E-state index contributed by atoms with van der Waals surface area (Å²) < 4.78 is 37.4. The lowest BCUT2D eigenvalue weighted by Crippen LogP contribution is -2.13. The van der Waals surface area contributed by atoms with Crippen molar-refractivity contribution in [1.29, 1.82) is 0 Å². The maximum absolute atomic E-state index is 12.5. The van der Waals surface area contributed by atoms with Crippen molar-refractivity contribution in [2.45, 2.75) is 11.1 Å². The summed E-state index contributed by atoms with van der Waals surface area (Å²) in [4.78, 5) is 12.9. The second-order valence-electron chi connectivity index (χ2n) is 4.23. The molecule has 0 bridgehead atoms. The molecule has 0 fully saturated rings. The normalized spacial score (nSPS) is 11.2. The van der Waals surface area contributed by atoms with Crippen molar-refractivity contribution in [1.82, 2.24) is 0 Å². The quantitative estimate of drug-likeness (QED) is 0.834. The smallest absolute Gasteiger partial charge is 0.322 e. The van der Waals surface area contributed by atoms with E-state index in [4.69, 9.17) is 0 Å². The maximum Gasteiger partial charge on any atom is 0.416 e. The minimum absolute atomic E-state index is 0.323. The molecule has 2 rings (SSSR count). The first-order valence-corrected chi connectivity index (χ1v) is 7.26. The Morgan fingerprint density at radius 3 is 2.24 bits per heavy atom. The minimum Gasteiger partial charge on any atom is -0.322 e. The lowest BCUT2D eigenvalue weighted by Gasteiger charge is -2.10.